The van der Waals surface area contributed by atoms with Crippen LogP contribution >= 0.6 is 0 Å². The van der Waals surface area contributed by atoms with E-state index >= 15 is 0 Å². The highest BCUT2D eigenvalue weighted by Gasteiger charge is 2.34. The third kappa shape index (κ3) is 4.16. The lowest BCUT2D eigenvalue weighted by Crippen LogP contribution is -2.35. The predicted molar refractivity (Wildman–Crippen MR) is 148 cm³/mol. The van der Waals surface area contributed by atoms with Crippen molar-refractivity contribution in [2.24, 2.45) is 0 Å². The zero-order valence-corrected chi connectivity index (χ0v) is 21.6. The van der Waals surface area contributed by atoms with Crippen molar-refractivity contribution in [1.29, 1.82) is 0 Å². The Morgan fingerprint density at radius 1 is 0.718 bits per heavy atom. The molecule has 6 rings (SSSR count). The summed E-state index contributed by atoms with van der Waals surface area (Å²) in [5.41, 5.74) is 2.79. The van der Waals surface area contributed by atoms with Crippen molar-refractivity contribution in [2.75, 3.05) is 0 Å². The number of aryl methyl sites for hydroxylation is 1. The number of rotatable bonds is 7. The lowest BCUT2D eigenvalue weighted by atomic mass is 9.77. The van der Waals surface area contributed by atoms with Crippen molar-refractivity contribution < 1.29 is 24.4 Å². The molecule has 0 unspecified atom stereocenters. The summed E-state index contributed by atoms with van der Waals surface area (Å²) in [6, 6.07) is 23.3. The minimum absolute atomic E-state index is 0.000377. The quantitative estimate of drug-likeness (QED) is 0.273. The average molecular weight is 513 g/mol. The fourth-order valence-electron chi connectivity index (χ4n) is 5.34. The largest absolute Gasteiger partial charge is 0.872 e. The van der Waals surface area contributed by atoms with Crippen LogP contribution in [0.5, 0.6) is 0 Å². The van der Waals surface area contributed by atoms with Crippen LogP contribution in [-0.4, -0.2) is 11.6 Å². The molecule has 39 heavy (non-hydrogen) atoms. The van der Waals surface area contributed by atoms with Crippen molar-refractivity contribution in [2.45, 2.75) is 32.7 Å². The zero-order chi connectivity index (χ0) is 27.1. The van der Waals surface area contributed by atoms with Crippen LogP contribution in [0.25, 0.3) is 33.8 Å². The second-order valence-corrected chi connectivity index (χ2v) is 9.97. The minimum atomic E-state index is -0.399. The number of benzene rings is 3. The number of carbonyl (C=O) groups is 2. The molecule has 0 N–H and O–H groups in total. The van der Waals surface area contributed by atoms with E-state index in [1.165, 1.54) is 0 Å². The van der Waals surface area contributed by atoms with E-state index < -0.39 is 23.1 Å². The van der Waals surface area contributed by atoms with Crippen molar-refractivity contribution in [3.63, 3.8) is 0 Å². The Balaban J connectivity index is 1.28. The molecule has 2 aliphatic carbocycles. The summed E-state index contributed by atoms with van der Waals surface area (Å²) in [6.07, 6.45) is 7.13. The third-order valence-corrected chi connectivity index (χ3v) is 7.56. The smallest absolute Gasteiger partial charge is 0.213 e. The highest BCUT2D eigenvalue weighted by atomic mass is 16.3. The van der Waals surface area contributed by atoms with Crippen LogP contribution in [0.2, 0.25) is 0 Å². The highest BCUT2D eigenvalue weighted by molar-refractivity contribution is 6.26. The summed E-state index contributed by atoms with van der Waals surface area (Å²) >= 11 is 0. The van der Waals surface area contributed by atoms with Gasteiger partial charge in [0.25, 0.3) is 0 Å². The minimum Gasteiger partial charge on any atom is -0.872 e. The molecule has 0 saturated heterocycles. The molecule has 192 valence electrons. The molecule has 5 nitrogen and oxygen atoms in total. The van der Waals surface area contributed by atoms with Crippen molar-refractivity contribution >= 4 is 45.4 Å². The van der Waals surface area contributed by atoms with Gasteiger partial charge in [-0.2, -0.15) is 4.57 Å². The van der Waals surface area contributed by atoms with E-state index in [0.717, 1.165) is 52.2 Å². The lowest BCUT2D eigenvalue weighted by Gasteiger charge is -2.36. The fraction of sp³-hybridized carbons (Fsp3) is 0.147. The monoisotopic (exact) mass is 512 g/mol. The van der Waals surface area contributed by atoms with Crippen LogP contribution in [-0.2, 0) is 16.1 Å². The molecule has 0 amide bonds. The van der Waals surface area contributed by atoms with Crippen LogP contribution in [0.15, 0.2) is 113 Å². The number of fused-ring (bicyclic) bond motifs is 2. The Morgan fingerprint density at radius 3 is 1.97 bits per heavy atom. The molecule has 0 radical (unpaired) electrons. The van der Waals surface area contributed by atoms with Gasteiger partial charge in [0.05, 0.1) is 5.39 Å². The van der Waals surface area contributed by atoms with Gasteiger partial charge in [-0.3, -0.25) is 9.59 Å². The Hall–Kier alpha value is -4.77. The highest BCUT2D eigenvalue weighted by Crippen LogP contribution is 2.39. The van der Waals surface area contributed by atoms with E-state index in [1.807, 2.05) is 79.0 Å². The Kier molecular flexibility index (Phi) is 6.20. The van der Waals surface area contributed by atoms with Gasteiger partial charge in [-0.15, -0.1) is 0 Å². The Morgan fingerprint density at radius 2 is 1.31 bits per heavy atom. The number of ketones is 2. The summed E-state index contributed by atoms with van der Waals surface area (Å²) in [7, 11) is 0. The third-order valence-electron chi connectivity index (χ3n) is 7.56. The van der Waals surface area contributed by atoms with Gasteiger partial charge in [0.15, 0.2) is 17.8 Å². The standard InChI is InChI=1S/C34H27NO4/c1-2-3-16-35-17-15-23(25-13-6-7-14-30(25)35)19-27-33(38)29(34(27)39)20-28-31(36)26(32(28)37)18-22-11-8-10-21-9-4-5-12-24(21)22/h4-15,17-19H,2-3,16,20H2,1H3,(H-,36,37,38,39)/p-1. The number of para-hydroxylation sites is 1. The average Bonchev–Trinajstić information content (AvgIpc) is 2.98. The van der Waals surface area contributed by atoms with E-state index in [4.69, 9.17) is 0 Å². The topological polar surface area (TPSA) is 84.1 Å². The number of nitrogens with zero attached hydrogens (tertiary/aromatic N) is 1. The van der Waals surface area contributed by atoms with Crippen LogP contribution in [0, 0.1) is 0 Å². The summed E-state index contributed by atoms with van der Waals surface area (Å²) in [5, 5.41) is 28.7. The van der Waals surface area contributed by atoms with Crippen LogP contribution in [0.1, 0.15) is 37.3 Å². The maximum Gasteiger partial charge on any atom is 0.213 e. The normalized spacial score (nSPS) is 17.5. The molecule has 1 aromatic heterocycles. The number of hydrogen-bond donors (Lipinski definition) is 0. The van der Waals surface area contributed by atoms with E-state index in [-0.39, 0.29) is 28.7 Å². The van der Waals surface area contributed by atoms with Crippen molar-refractivity contribution in [3.05, 3.63) is 124 Å². The maximum atomic E-state index is 12.9. The molecule has 0 aliphatic heterocycles. The number of pyridine rings is 1. The van der Waals surface area contributed by atoms with Gasteiger partial charge in [0, 0.05) is 36.1 Å². The summed E-state index contributed by atoms with van der Waals surface area (Å²) in [4.78, 5) is 25.8. The molecule has 0 fully saturated rings. The first kappa shape index (κ1) is 24.6. The molecule has 4 aromatic rings. The van der Waals surface area contributed by atoms with Gasteiger partial charge in [-0.05, 0) is 51.3 Å². The van der Waals surface area contributed by atoms with E-state index in [9.17, 15) is 19.8 Å². The Bertz CT molecular complexity index is 1810. The van der Waals surface area contributed by atoms with Gasteiger partial charge in [-0.1, -0.05) is 79.5 Å². The first-order valence-corrected chi connectivity index (χ1v) is 13.2. The molecule has 2 aliphatic rings. The van der Waals surface area contributed by atoms with Crippen LogP contribution in [0.3, 0.4) is 0 Å². The van der Waals surface area contributed by atoms with Crippen molar-refractivity contribution in [3.8, 4) is 0 Å². The van der Waals surface area contributed by atoms with Gasteiger partial charge >= 0.3 is 0 Å². The molecule has 1 heterocycles. The Labute approximate surface area is 226 Å². The second kappa shape index (κ2) is 9.84. The molecule has 0 bridgehead atoms. The molecular weight excluding hydrogens is 486 g/mol. The van der Waals surface area contributed by atoms with Gasteiger partial charge in [0.2, 0.25) is 5.52 Å². The van der Waals surface area contributed by atoms with Crippen LogP contribution in [0.4, 0.5) is 0 Å². The molecule has 0 atom stereocenters. The molecule has 3 aromatic carbocycles. The zero-order valence-electron chi connectivity index (χ0n) is 21.6. The summed E-state index contributed by atoms with van der Waals surface area (Å²) < 4.78 is 2.18. The van der Waals surface area contributed by atoms with Gasteiger partial charge in [-0.25, -0.2) is 0 Å². The number of carbonyl (C=O) groups excluding carboxylic acids is 2. The predicted octanol–water partition coefficient (Wildman–Crippen LogP) is 4.33. The summed E-state index contributed by atoms with van der Waals surface area (Å²) in [6.45, 7) is 3.04. The molecule has 0 spiro atoms. The number of hydrogen-bond acceptors (Lipinski definition) is 4. The molecular formula is C34H26NO4-. The first-order chi connectivity index (χ1) is 19.0. The number of allylic oxidation sites excluding steroid dienone is 4. The molecule has 5 heteroatoms. The van der Waals surface area contributed by atoms with E-state index in [1.54, 1.807) is 12.2 Å². The fourth-order valence-corrected chi connectivity index (χ4v) is 5.34. The number of aromatic nitrogens is 1. The van der Waals surface area contributed by atoms with Crippen LogP contribution < -0.4 is 14.8 Å². The van der Waals surface area contributed by atoms with Gasteiger partial charge < -0.3 is 10.2 Å². The lowest BCUT2D eigenvalue weighted by molar-refractivity contribution is -0.671. The van der Waals surface area contributed by atoms with E-state index in [0.29, 0.717) is 0 Å². The SMILES string of the molecule is CCCC[n+]1ccc(C=C2C(=O)C(CC3=C([O-])C(=Cc4cccc5ccccc45)C3=O)=C2[O-])c2ccccc21. The number of Topliss-reactive ketones (excluding diaryl/α,β-unsaturated/α-hetero) is 2. The van der Waals surface area contributed by atoms with Crippen molar-refractivity contribution in [1.82, 2.24) is 0 Å². The number of unbranched alkanes of at least 4 members (excludes halogenated alkanes) is 1. The molecule has 0 saturated carbocycles. The van der Waals surface area contributed by atoms with E-state index in [2.05, 4.69) is 11.5 Å². The first-order valence-electron chi connectivity index (χ1n) is 13.2. The second-order valence-electron chi connectivity index (χ2n) is 9.97. The summed E-state index contributed by atoms with van der Waals surface area (Å²) in [5.74, 6) is -1.59. The maximum absolute atomic E-state index is 12.9. The van der Waals surface area contributed by atoms with Gasteiger partial charge in [0.1, 0.15) is 6.54 Å².